The van der Waals surface area contributed by atoms with Crippen molar-refractivity contribution in [3.63, 3.8) is 0 Å². The quantitative estimate of drug-likeness (QED) is 0.467. The maximum Gasteiger partial charge on any atom is 0.336 e. The molecule has 0 unspecified atom stereocenters. The first-order valence-electron chi connectivity index (χ1n) is 8.52. The fourth-order valence-electron chi connectivity index (χ4n) is 2.79. The van der Waals surface area contributed by atoms with Crippen molar-refractivity contribution in [3.05, 3.63) is 69.6 Å². The van der Waals surface area contributed by atoms with Crippen molar-refractivity contribution in [3.8, 4) is 0 Å². The number of hydrogen-bond acceptors (Lipinski definition) is 5. The van der Waals surface area contributed by atoms with Crippen LogP contribution >= 0.6 is 23.5 Å². The highest BCUT2D eigenvalue weighted by Crippen LogP contribution is 2.26. The lowest BCUT2D eigenvalue weighted by Gasteiger charge is -2.10. The SMILES string of the molecule is CSc1ccccc1NC(=O)CSCc1cc(=O)oc2cc(C)c(C)cc12. The summed E-state index contributed by atoms with van der Waals surface area (Å²) in [5, 5.41) is 3.88. The van der Waals surface area contributed by atoms with Gasteiger partial charge in [-0.25, -0.2) is 4.79 Å². The van der Waals surface area contributed by atoms with E-state index in [1.807, 2.05) is 56.5 Å². The van der Waals surface area contributed by atoms with Crippen LogP contribution in [0, 0.1) is 13.8 Å². The van der Waals surface area contributed by atoms with Crippen molar-refractivity contribution in [1.82, 2.24) is 0 Å². The highest BCUT2D eigenvalue weighted by Gasteiger charge is 2.10. The van der Waals surface area contributed by atoms with E-state index in [-0.39, 0.29) is 11.5 Å². The van der Waals surface area contributed by atoms with Gasteiger partial charge in [-0.2, -0.15) is 0 Å². The maximum atomic E-state index is 12.3. The lowest BCUT2D eigenvalue weighted by molar-refractivity contribution is -0.113. The van der Waals surface area contributed by atoms with Crippen molar-refractivity contribution in [2.24, 2.45) is 0 Å². The highest BCUT2D eigenvalue weighted by atomic mass is 32.2. The largest absolute Gasteiger partial charge is 0.423 e. The number of amides is 1. The fourth-order valence-corrected chi connectivity index (χ4v) is 4.16. The number of para-hydroxylation sites is 1. The van der Waals surface area contributed by atoms with Crippen LogP contribution in [0.15, 0.2) is 56.6 Å². The van der Waals surface area contributed by atoms with Gasteiger partial charge in [0.25, 0.3) is 0 Å². The van der Waals surface area contributed by atoms with Gasteiger partial charge in [-0.1, -0.05) is 12.1 Å². The first kappa shape index (κ1) is 19.6. The van der Waals surface area contributed by atoms with Crippen molar-refractivity contribution in [2.45, 2.75) is 24.5 Å². The summed E-state index contributed by atoms with van der Waals surface area (Å²) in [7, 11) is 0. The number of hydrogen-bond donors (Lipinski definition) is 1. The van der Waals surface area contributed by atoms with Crippen LogP contribution in [-0.2, 0) is 10.5 Å². The Balaban J connectivity index is 1.69. The molecule has 1 heterocycles. The molecule has 0 aliphatic rings. The zero-order chi connectivity index (χ0) is 19.4. The monoisotopic (exact) mass is 399 g/mol. The molecule has 0 spiro atoms. The minimum absolute atomic E-state index is 0.0548. The molecule has 3 rings (SSSR count). The van der Waals surface area contributed by atoms with Gasteiger partial charge >= 0.3 is 5.63 Å². The summed E-state index contributed by atoms with van der Waals surface area (Å²) in [6.45, 7) is 4.03. The summed E-state index contributed by atoms with van der Waals surface area (Å²) in [6.07, 6.45) is 1.98. The Morgan fingerprint density at radius 1 is 1.11 bits per heavy atom. The standard InChI is InChI=1S/C21H21NO3S2/c1-13-8-16-15(10-21(24)25-18(16)9-14(13)2)11-27-12-20(23)22-17-6-4-5-7-19(17)26-3/h4-10H,11-12H2,1-3H3,(H,22,23). The number of nitrogens with one attached hydrogen (secondary N) is 1. The van der Waals surface area contributed by atoms with E-state index in [2.05, 4.69) is 5.32 Å². The van der Waals surface area contributed by atoms with Gasteiger partial charge in [0, 0.05) is 22.1 Å². The molecule has 0 atom stereocenters. The Morgan fingerprint density at radius 2 is 1.85 bits per heavy atom. The van der Waals surface area contributed by atoms with Gasteiger partial charge in [0.1, 0.15) is 5.58 Å². The van der Waals surface area contributed by atoms with Crippen LogP contribution in [-0.4, -0.2) is 17.9 Å². The summed E-state index contributed by atoms with van der Waals surface area (Å²) in [4.78, 5) is 25.2. The van der Waals surface area contributed by atoms with Crippen LogP contribution in [0.3, 0.4) is 0 Å². The molecule has 27 heavy (non-hydrogen) atoms. The topological polar surface area (TPSA) is 59.3 Å². The summed E-state index contributed by atoms with van der Waals surface area (Å²) >= 11 is 3.08. The second-order valence-corrected chi connectivity index (χ2v) is 8.10. The van der Waals surface area contributed by atoms with Crippen molar-refractivity contribution in [1.29, 1.82) is 0 Å². The zero-order valence-electron chi connectivity index (χ0n) is 15.5. The van der Waals surface area contributed by atoms with E-state index in [0.717, 1.165) is 32.7 Å². The van der Waals surface area contributed by atoms with Crippen LogP contribution in [0.25, 0.3) is 11.0 Å². The van der Waals surface area contributed by atoms with E-state index in [4.69, 9.17) is 4.42 Å². The maximum absolute atomic E-state index is 12.3. The van der Waals surface area contributed by atoms with Gasteiger partial charge in [-0.3, -0.25) is 4.79 Å². The van der Waals surface area contributed by atoms with Crippen LogP contribution in [0.2, 0.25) is 0 Å². The Labute approximate surface area is 166 Å². The number of carbonyl (C=O) groups excluding carboxylic acids is 1. The van der Waals surface area contributed by atoms with Crippen molar-refractivity contribution in [2.75, 3.05) is 17.3 Å². The summed E-state index contributed by atoms with van der Waals surface area (Å²) in [5.41, 5.74) is 4.19. The third-order valence-electron chi connectivity index (χ3n) is 4.32. The number of fused-ring (bicyclic) bond motifs is 1. The highest BCUT2D eigenvalue weighted by molar-refractivity contribution is 7.99. The predicted molar refractivity (Wildman–Crippen MR) is 115 cm³/mol. The molecule has 2 aromatic carbocycles. The third-order valence-corrected chi connectivity index (χ3v) is 6.09. The molecule has 140 valence electrons. The first-order chi connectivity index (χ1) is 13.0. The van der Waals surface area contributed by atoms with E-state index < -0.39 is 0 Å². The average molecular weight is 400 g/mol. The minimum Gasteiger partial charge on any atom is -0.423 e. The van der Waals surface area contributed by atoms with Gasteiger partial charge in [0.05, 0.1) is 11.4 Å². The molecule has 0 bridgehead atoms. The number of anilines is 1. The van der Waals surface area contributed by atoms with Crippen molar-refractivity contribution < 1.29 is 9.21 Å². The molecule has 0 saturated heterocycles. The van der Waals surface area contributed by atoms with E-state index in [0.29, 0.717) is 17.1 Å². The van der Waals surface area contributed by atoms with E-state index >= 15 is 0 Å². The summed E-state index contributed by atoms with van der Waals surface area (Å²) < 4.78 is 5.32. The van der Waals surface area contributed by atoms with Crippen LogP contribution in [0.5, 0.6) is 0 Å². The molecule has 0 radical (unpaired) electrons. The number of carbonyl (C=O) groups is 1. The van der Waals surface area contributed by atoms with Crippen molar-refractivity contribution >= 4 is 46.1 Å². The Hall–Kier alpha value is -2.18. The van der Waals surface area contributed by atoms with Crippen LogP contribution in [0.1, 0.15) is 16.7 Å². The molecular weight excluding hydrogens is 378 g/mol. The molecule has 0 aliphatic heterocycles. The van der Waals surface area contributed by atoms with E-state index in [1.54, 1.807) is 11.8 Å². The minimum atomic E-state index is -0.361. The molecule has 1 aromatic heterocycles. The number of benzene rings is 2. The average Bonchev–Trinajstić information content (AvgIpc) is 2.63. The number of thioether (sulfide) groups is 2. The van der Waals surface area contributed by atoms with Gasteiger partial charge in [-0.05, 0) is 61.1 Å². The molecule has 3 aromatic rings. The molecule has 0 aliphatic carbocycles. The Bertz CT molecular complexity index is 1040. The number of rotatable bonds is 6. The van der Waals surface area contributed by atoms with Crippen LogP contribution in [0.4, 0.5) is 5.69 Å². The molecule has 0 saturated carbocycles. The number of aryl methyl sites for hydroxylation is 2. The Morgan fingerprint density at radius 3 is 2.63 bits per heavy atom. The molecular formula is C21H21NO3S2. The van der Waals surface area contributed by atoms with Gasteiger partial charge < -0.3 is 9.73 Å². The zero-order valence-corrected chi connectivity index (χ0v) is 17.1. The van der Waals surface area contributed by atoms with Gasteiger partial charge in [0.2, 0.25) is 5.91 Å². The second-order valence-electron chi connectivity index (χ2n) is 6.26. The predicted octanol–water partition coefficient (Wildman–Crippen LogP) is 5.00. The third kappa shape index (κ3) is 4.76. The summed E-state index contributed by atoms with van der Waals surface area (Å²) in [6, 6.07) is 13.2. The van der Waals surface area contributed by atoms with Crippen LogP contribution < -0.4 is 10.9 Å². The second kappa shape index (κ2) is 8.67. The molecule has 1 amide bonds. The fraction of sp³-hybridized carbons (Fsp3) is 0.238. The lowest BCUT2D eigenvalue weighted by Crippen LogP contribution is -2.14. The molecule has 6 heteroatoms. The molecule has 0 fully saturated rings. The van der Waals surface area contributed by atoms with Gasteiger partial charge in [-0.15, -0.1) is 23.5 Å². The van der Waals surface area contributed by atoms with E-state index in [9.17, 15) is 9.59 Å². The normalized spacial score (nSPS) is 10.9. The van der Waals surface area contributed by atoms with Gasteiger partial charge in [0.15, 0.2) is 0 Å². The molecule has 4 nitrogen and oxygen atoms in total. The lowest BCUT2D eigenvalue weighted by atomic mass is 10.0. The first-order valence-corrected chi connectivity index (χ1v) is 10.9. The summed E-state index contributed by atoms with van der Waals surface area (Å²) in [5.74, 6) is 0.832. The molecule has 1 N–H and O–H groups in total. The Kier molecular flexibility index (Phi) is 6.29. The smallest absolute Gasteiger partial charge is 0.336 e. The van der Waals surface area contributed by atoms with E-state index in [1.165, 1.54) is 17.8 Å².